The van der Waals surface area contributed by atoms with Gasteiger partial charge in [-0.25, -0.2) is 27.0 Å². The van der Waals surface area contributed by atoms with Gasteiger partial charge in [0, 0.05) is 45.2 Å². The first-order valence-electron chi connectivity index (χ1n) is 18.0. The molecule has 2 rings (SSSR count). The molecular formula is C42H61BrCl2N2O6S2. The van der Waals surface area contributed by atoms with E-state index in [0.29, 0.717) is 40.9 Å². The Kier molecular flexibility index (Phi) is 26.1. The van der Waals surface area contributed by atoms with E-state index >= 15 is 0 Å². The van der Waals surface area contributed by atoms with Crippen LogP contribution in [0, 0.1) is 0 Å². The van der Waals surface area contributed by atoms with Crippen LogP contribution in [0.1, 0.15) is 79.4 Å². The molecule has 308 valence electrons. The number of nitrogens with zero attached hydrogens (tertiary/aromatic N) is 1. The Morgan fingerprint density at radius 1 is 0.782 bits per heavy atom. The number of nitrogens with one attached hydrogen (secondary N) is 1. The molecule has 0 saturated carbocycles. The van der Waals surface area contributed by atoms with Gasteiger partial charge in [-0.2, -0.15) is 0 Å². The molecule has 0 aromatic heterocycles. The summed E-state index contributed by atoms with van der Waals surface area (Å²) in [4.78, 5) is 22.7. The molecule has 55 heavy (non-hydrogen) atoms. The monoisotopic (exact) mass is 902 g/mol. The Labute approximate surface area is 354 Å². The Bertz CT molecular complexity index is 1570. The fraction of sp³-hybridized carbons (Fsp3) is 0.476. The maximum Gasteiger partial charge on any atom is 0.334 e. The first kappa shape index (κ1) is 52.6. The average molecular weight is 905 g/mol. The largest absolute Gasteiger partial charge is 0.463 e. The summed E-state index contributed by atoms with van der Waals surface area (Å²) in [5.41, 5.74) is 3.00. The van der Waals surface area contributed by atoms with Gasteiger partial charge in [0.15, 0.2) is 0 Å². The second-order valence-corrected chi connectivity index (χ2v) is 19.9. The molecular weight excluding hydrogens is 843 g/mol. The maximum absolute atomic E-state index is 13.2. The zero-order valence-corrected chi connectivity index (χ0v) is 38.5. The van der Waals surface area contributed by atoms with E-state index in [1.165, 1.54) is 5.56 Å². The van der Waals surface area contributed by atoms with Crippen LogP contribution in [0.4, 0.5) is 0 Å². The van der Waals surface area contributed by atoms with Crippen LogP contribution in [0.25, 0.3) is 0 Å². The van der Waals surface area contributed by atoms with E-state index in [2.05, 4.69) is 51.7 Å². The summed E-state index contributed by atoms with van der Waals surface area (Å²) in [5.74, 6) is -0.786. The summed E-state index contributed by atoms with van der Waals surface area (Å²) >= 11 is 14.9. The third kappa shape index (κ3) is 22.2. The van der Waals surface area contributed by atoms with Gasteiger partial charge >= 0.3 is 11.9 Å². The summed E-state index contributed by atoms with van der Waals surface area (Å²) < 4.78 is 39.3. The number of carbonyl (C=O) groups is 2. The highest BCUT2D eigenvalue weighted by atomic mass is 79.9. The number of hydrogen-bond acceptors (Lipinski definition) is 6. The molecule has 0 bridgehead atoms. The third-order valence-electron chi connectivity index (χ3n) is 7.28. The van der Waals surface area contributed by atoms with Crippen molar-refractivity contribution >= 4 is 73.0 Å². The zero-order valence-electron chi connectivity index (χ0n) is 33.8. The SMILES string of the molecule is C=C(CBr)C(=O)OCC.C=CCC(Cc1ccc(Cl)cc1)N(CC(=C)C(=O)OCC)S(=O)C(C)(C)C.C=CCC(Cc1ccc(Cl)cc1)NS(=O)C(C)(C)C. The molecule has 2 aromatic carbocycles. The third-order valence-corrected chi connectivity index (χ3v) is 12.0. The summed E-state index contributed by atoms with van der Waals surface area (Å²) in [6, 6.07) is 15.4. The quantitative estimate of drug-likeness (QED) is 0.0652. The van der Waals surface area contributed by atoms with E-state index in [1.807, 2.05) is 100 Å². The summed E-state index contributed by atoms with van der Waals surface area (Å²) in [5, 5.41) is 1.88. The highest BCUT2D eigenvalue weighted by molar-refractivity contribution is 9.09. The molecule has 1 N–H and O–H groups in total. The van der Waals surface area contributed by atoms with Crippen molar-refractivity contribution in [1.82, 2.24) is 9.03 Å². The normalized spacial score (nSPS) is 13.4. The lowest BCUT2D eigenvalue weighted by Crippen LogP contribution is -2.46. The van der Waals surface area contributed by atoms with Gasteiger partial charge in [-0.15, -0.1) is 13.2 Å². The van der Waals surface area contributed by atoms with Crippen molar-refractivity contribution in [1.29, 1.82) is 0 Å². The van der Waals surface area contributed by atoms with Crippen LogP contribution in [0.2, 0.25) is 10.0 Å². The van der Waals surface area contributed by atoms with Crippen LogP contribution in [0.5, 0.6) is 0 Å². The predicted octanol–water partition coefficient (Wildman–Crippen LogP) is 10.1. The van der Waals surface area contributed by atoms with Gasteiger partial charge in [0.25, 0.3) is 0 Å². The molecule has 0 heterocycles. The highest BCUT2D eigenvalue weighted by Crippen LogP contribution is 2.24. The van der Waals surface area contributed by atoms with Crippen molar-refractivity contribution in [3.63, 3.8) is 0 Å². The van der Waals surface area contributed by atoms with E-state index < -0.39 is 32.7 Å². The van der Waals surface area contributed by atoms with Gasteiger partial charge < -0.3 is 9.47 Å². The summed E-state index contributed by atoms with van der Waals surface area (Å²) in [6.45, 7) is 30.9. The molecule has 8 nitrogen and oxygen atoms in total. The van der Waals surface area contributed by atoms with Crippen LogP contribution < -0.4 is 4.72 Å². The van der Waals surface area contributed by atoms with Gasteiger partial charge in [0.2, 0.25) is 0 Å². The van der Waals surface area contributed by atoms with Crippen molar-refractivity contribution in [2.45, 2.75) is 103 Å². The Balaban J connectivity index is 0.000000900. The van der Waals surface area contributed by atoms with Gasteiger partial charge in [-0.1, -0.05) is 88.7 Å². The molecule has 0 aliphatic carbocycles. The lowest BCUT2D eigenvalue weighted by molar-refractivity contribution is -0.139. The molecule has 0 aliphatic heterocycles. The fourth-order valence-electron chi connectivity index (χ4n) is 4.44. The van der Waals surface area contributed by atoms with Gasteiger partial charge in [-0.05, 0) is 116 Å². The molecule has 4 unspecified atom stereocenters. The lowest BCUT2D eigenvalue weighted by Gasteiger charge is -2.35. The number of esters is 2. The Morgan fingerprint density at radius 3 is 1.60 bits per heavy atom. The van der Waals surface area contributed by atoms with Crippen molar-refractivity contribution in [2.24, 2.45) is 0 Å². The highest BCUT2D eigenvalue weighted by Gasteiger charge is 2.32. The first-order chi connectivity index (χ1) is 25.6. The predicted molar refractivity (Wildman–Crippen MR) is 238 cm³/mol. The Morgan fingerprint density at radius 2 is 1.22 bits per heavy atom. The van der Waals surface area contributed by atoms with Crippen LogP contribution in [0.15, 0.2) is 98.1 Å². The van der Waals surface area contributed by atoms with Crippen molar-refractivity contribution in [2.75, 3.05) is 25.1 Å². The minimum Gasteiger partial charge on any atom is -0.463 e. The van der Waals surface area contributed by atoms with Crippen molar-refractivity contribution in [3.05, 3.63) is 119 Å². The Hall–Kier alpha value is -2.38. The molecule has 0 radical (unpaired) electrons. The average Bonchev–Trinajstić information content (AvgIpc) is 3.11. The maximum atomic E-state index is 13.2. The molecule has 0 aliphatic rings. The topological polar surface area (TPSA) is 102 Å². The van der Waals surface area contributed by atoms with E-state index in [-0.39, 0.29) is 36.0 Å². The summed E-state index contributed by atoms with van der Waals surface area (Å²) in [7, 11) is -2.41. The first-order valence-corrected chi connectivity index (χ1v) is 22.1. The van der Waals surface area contributed by atoms with Crippen molar-refractivity contribution < 1.29 is 27.5 Å². The molecule has 4 atom stereocenters. The van der Waals surface area contributed by atoms with E-state index in [4.69, 9.17) is 27.9 Å². The van der Waals surface area contributed by atoms with Gasteiger partial charge in [0.05, 0.1) is 33.7 Å². The van der Waals surface area contributed by atoms with Crippen LogP contribution in [0.3, 0.4) is 0 Å². The smallest absolute Gasteiger partial charge is 0.334 e. The van der Waals surface area contributed by atoms with Gasteiger partial charge in [0.1, 0.15) is 11.0 Å². The zero-order chi connectivity index (χ0) is 42.4. The number of carbonyl (C=O) groups excluding carboxylic acids is 2. The standard InChI is InChI=1S/C21H30ClNO3S.C15H22ClNOS.C6H9BrO2/c1-7-9-19(14-17-10-12-18(22)13-11-17)23(27(25)21(4,5)6)15-16(3)20(24)26-8-2;1-5-6-14(17-19(18)15(2,3)4)11-12-7-9-13(16)10-8-12;1-3-9-6(8)5(2)4-7/h7,10-13,19H,1,3,8-9,14-15H2,2,4-6H3;5,7-10,14,17H,1,6,11H2,2-4H3;2-4H2,1H3. The fourth-order valence-corrected chi connectivity index (χ4v) is 7.17. The number of ether oxygens (including phenoxy) is 2. The number of rotatable bonds is 19. The van der Waals surface area contributed by atoms with Crippen LogP contribution >= 0.6 is 39.1 Å². The molecule has 0 fully saturated rings. The second kappa shape index (κ2) is 27.3. The van der Waals surface area contributed by atoms with Crippen molar-refractivity contribution in [3.8, 4) is 0 Å². The lowest BCUT2D eigenvalue weighted by atomic mass is 10.0. The molecule has 0 saturated heterocycles. The molecule has 2 aromatic rings. The van der Waals surface area contributed by atoms with Crippen LogP contribution in [-0.2, 0) is 53.9 Å². The van der Waals surface area contributed by atoms with E-state index in [1.54, 1.807) is 19.9 Å². The summed E-state index contributed by atoms with van der Waals surface area (Å²) in [6.07, 6.45) is 6.53. The number of halogens is 3. The molecule has 13 heteroatoms. The minimum absolute atomic E-state index is 0.102. The van der Waals surface area contributed by atoms with E-state index in [0.717, 1.165) is 23.4 Å². The molecule has 0 amide bonds. The molecule has 0 spiro atoms. The van der Waals surface area contributed by atoms with E-state index in [9.17, 15) is 18.0 Å². The number of hydrogen-bond donors (Lipinski definition) is 1. The second-order valence-electron chi connectivity index (χ2n) is 14.3. The van der Waals surface area contributed by atoms with Gasteiger partial charge in [-0.3, -0.25) is 0 Å². The minimum atomic E-state index is -1.33. The number of alkyl halides is 1. The van der Waals surface area contributed by atoms with Crippen LogP contribution in [-0.4, -0.2) is 71.3 Å². The number of benzene rings is 2.